The summed E-state index contributed by atoms with van der Waals surface area (Å²) in [4.78, 5) is 15.1. The lowest BCUT2D eigenvalue weighted by Crippen LogP contribution is -2.41. The van der Waals surface area contributed by atoms with Gasteiger partial charge in [-0.3, -0.25) is 4.79 Å². The number of nitrogens with zero attached hydrogens (tertiary/aromatic N) is 1. The van der Waals surface area contributed by atoms with Crippen molar-refractivity contribution in [3.05, 3.63) is 95.1 Å². The number of carbonyl (C=O) groups is 1. The van der Waals surface area contributed by atoms with E-state index in [0.717, 1.165) is 29.7 Å². The molecular formula is C28H31NO4. The SMILES string of the molecule is CCCCOc1ccc(C(O)CC2(O)C(=O)N(Cc3ccc(C)cc3)c3ccccc32)cc1. The molecule has 172 valence electrons. The number of rotatable bonds is 9. The fourth-order valence-corrected chi connectivity index (χ4v) is 4.26. The first-order valence-electron chi connectivity index (χ1n) is 11.5. The van der Waals surface area contributed by atoms with Gasteiger partial charge < -0.3 is 19.8 Å². The maximum absolute atomic E-state index is 13.5. The van der Waals surface area contributed by atoms with Crippen LogP contribution in [0, 0.1) is 6.92 Å². The van der Waals surface area contributed by atoms with Crippen LogP contribution in [0.25, 0.3) is 0 Å². The van der Waals surface area contributed by atoms with Crippen LogP contribution in [0.15, 0.2) is 72.8 Å². The van der Waals surface area contributed by atoms with Gasteiger partial charge in [0.05, 0.1) is 24.9 Å². The second kappa shape index (κ2) is 9.77. The zero-order chi connectivity index (χ0) is 23.4. The normalized spacial score (nSPS) is 18.3. The summed E-state index contributed by atoms with van der Waals surface area (Å²) < 4.78 is 5.68. The summed E-state index contributed by atoms with van der Waals surface area (Å²) in [6.45, 7) is 5.14. The minimum Gasteiger partial charge on any atom is -0.494 e. The highest BCUT2D eigenvalue weighted by Gasteiger charge is 2.50. The van der Waals surface area contributed by atoms with E-state index >= 15 is 0 Å². The molecule has 3 aromatic rings. The minimum absolute atomic E-state index is 0.122. The first kappa shape index (κ1) is 23.0. The van der Waals surface area contributed by atoms with Gasteiger partial charge in [-0.1, -0.05) is 73.5 Å². The smallest absolute Gasteiger partial charge is 0.264 e. The number of para-hydroxylation sites is 1. The van der Waals surface area contributed by atoms with Crippen LogP contribution in [0.1, 0.15) is 54.5 Å². The molecule has 2 unspecified atom stereocenters. The largest absolute Gasteiger partial charge is 0.494 e. The van der Waals surface area contributed by atoms with E-state index in [1.165, 1.54) is 0 Å². The maximum atomic E-state index is 13.5. The molecule has 0 saturated carbocycles. The molecule has 4 rings (SSSR count). The van der Waals surface area contributed by atoms with Crippen molar-refractivity contribution >= 4 is 11.6 Å². The first-order valence-corrected chi connectivity index (χ1v) is 11.5. The third-order valence-corrected chi connectivity index (χ3v) is 6.22. The van der Waals surface area contributed by atoms with Gasteiger partial charge in [0, 0.05) is 12.0 Å². The van der Waals surface area contributed by atoms with E-state index in [4.69, 9.17) is 4.74 Å². The van der Waals surface area contributed by atoms with Crippen molar-refractivity contribution in [2.24, 2.45) is 0 Å². The molecule has 33 heavy (non-hydrogen) atoms. The zero-order valence-electron chi connectivity index (χ0n) is 19.2. The van der Waals surface area contributed by atoms with E-state index in [1.54, 1.807) is 29.2 Å². The molecular weight excluding hydrogens is 414 g/mol. The molecule has 3 aromatic carbocycles. The van der Waals surface area contributed by atoms with Crippen LogP contribution >= 0.6 is 0 Å². The molecule has 0 aliphatic carbocycles. The highest BCUT2D eigenvalue weighted by molar-refractivity contribution is 6.06. The number of hydrogen-bond acceptors (Lipinski definition) is 4. The Balaban J connectivity index is 1.54. The van der Waals surface area contributed by atoms with Crippen molar-refractivity contribution in [1.29, 1.82) is 0 Å². The fraction of sp³-hybridized carbons (Fsp3) is 0.321. The Labute approximate surface area is 195 Å². The van der Waals surface area contributed by atoms with Gasteiger partial charge in [0.15, 0.2) is 5.60 Å². The van der Waals surface area contributed by atoms with E-state index in [9.17, 15) is 15.0 Å². The van der Waals surface area contributed by atoms with Crippen molar-refractivity contribution in [2.75, 3.05) is 11.5 Å². The molecule has 2 N–H and O–H groups in total. The second-order valence-electron chi connectivity index (χ2n) is 8.75. The van der Waals surface area contributed by atoms with Gasteiger partial charge >= 0.3 is 0 Å². The number of aliphatic hydroxyl groups excluding tert-OH is 1. The highest BCUT2D eigenvalue weighted by atomic mass is 16.5. The molecule has 0 aromatic heterocycles. The maximum Gasteiger partial charge on any atom is 0.264 e. The number of ether oxygens (including phenoxy) is 1. The van der Waals surface area contributed by atoms with E-state index in [-0.39, 0.29) is 6.42 Å². The molecule has 0 saturated heterocycles. The lowest BCUT2D eigenvalue weighted by Gasteiger charge is -2.26. The van der Waals surface area contributed by atoms with E-state index in [2.05, 4.69) is 6.92 Å². The number of amides is 1. The van der Waals surface area contributed by atoms with Gasteiger partial charge in [-0.25, -0.2) is 0 Å². The van der Waals surface area contributed by atoms with Crippen LogP contribution < -0.4 is 9.64 Å². The van der Waals surface area contributed by atoms with Crippen molar-refractivity contribution in [3.8, 4) is 5.75 Å². The number of benzene rings is 3. The Hall–Kier alpha value is -3.15. The van der Waals surface area contributed by atoms with E-state index < -0.39 is 17.6 Å². The van der Waals surface area contributed by atoms with Crippen molar-refractivity contribution in [3.63, 3.8) is 0 Å². The van der Waals surface area contributed by atoms with Crippen LogP contribution in [0.2, 0.25) is 0 Å². The second-order valence-corrected chi connectivity index (χ2v) is 8.75. The molecule has 0 spiro atoms. The van der Waals surface area contributed by atoms with Gasteiger partial charge in [0.1, 0.15) is 5.75 Å². The number of aliphatic hydroxyl groups is 2. The van der Waals surface area contributed by atoms with Crippen LogP contribution in [0.5, 0.6) is 5.75 Å². The summed E-state index contributed by atoms with van der Waals surface area (Å²) in [5.41, 5.74) is 2.17. The van der Waals surface area contributed by atoms with Crippen LogP contribution in [0.4, 0.5) is 5.69 Å². The monoisotopic (exact) mass is 445 g/mol. The Kier molecular flexibility index (Phi) is 6.82. The van der Waals surface area contributed by atoms with E-state index in [0.29, 0.717) is 30.0 Å². The van der Waals surface area contributed by atoms with Crippen molar-refractivity contribution in [2.45, 2.75) is 51.4 Å². The van der Waals surface area contributed by atoms with Crippen LogP contribution in [-0.2, 0) is 16.9 Å². The lowest BCUT2D eigenvalue weighted by atomic mass is 9.87. The summed E-state index contributed by atoms with van der Waals surface area (Å²) in [6.07, 6.45) is 0.920. The third kappa shape index (κ3) is 4.80. The highest BCUT2D eigenvalue weighted by Crippen LogP contribution is 2.45. The summed E-state index contributed by atoms with van der Waals surface area (Å²) in [6, 6.07) is 22.4. The van der Waals surface area contributed by atoms with Gasteiger partial charge in [-0.05, 0) is 42.7 Å². The van der Waals surface area contributed by atoms with Crippen LogP contribution in [0.3, 0.4) is 0 Å². The molecule has 2 atom stereocenters. The van der Waals surface area contributed by atoms with Gasteiger partial charge in [-0.2, -0.15) is 0 Å². The number of carbonyl (C=O) groups excluding carboxylic acids is 1. The average Bonchev–Trinajstić information content (AvgIpc) is 3.03. The lowest BCUT2D eigenvalue weighted by molar-refractivity contribution is -0.139. The summed E-state index contributed by atoms with van der Waals surface area (Å²) in [5, 5.41) is 22.5. The molecule has 1 aliphatic rings. The van der Waals surface area contributed by atoms with Crippen LogP contribution in [-0.4, -0.2) is 22.7 Å². The molecule has 5 nitrogen and oxygen atoms in total. The van der Waals surface area contributed by atoms with Gasteiger partial charge in [0.25, 0.3) is 5.91 Å². The molecule has 1 heterocycles. The Morgan fingerprint density at radius 2 is 1.70 bits per heavy atom. The molecule has 1 aliphatic heterocycles. The number of fused-ring (bicyclic) bond motifs is 1. The Morgan fingerprint density at radius 1 is 1.00 bits per heavy atom. The topological polar surface area (TPSA) is 70.0 Å². The standard InChI is InChI=1S/C28H31NO4/c1-3-4-17-33-23-15-13-22(14-16-23)26(30)18-28(32)24-7-5-6-8-25(24)29(27(28)31)19-21-11-9-20(2)10-12-21/h5-16,26,30,32H,3-4,17-19H2,1-2H3. The van der Waals surface area contributed by atoms with Crippen molar-refractivity contribution in [1.82, 2.24) is 0 Å². The molecule has 1 amide bonds. The number of unbranched alkanes of at least 4 members (excludes halogenated alkanes) is 1. The summed E-state index contributed by atoms with van der Waals surface area (Å²) in [5.74, 6) is 0.326. The van der Waals surface area contributed by atoms with Gasteiger partial charge in [-0.15, -0.1) is 0 Å². The first-order chi connectivity index (χ1) is 15.9. The molecule has 5 heteroatoms. The molecule has 0 radical (unpaired) electrons. The third-order valence-electron chi connectivity index (χ3n) is 6.22. The van der Waals surface area contributed by atoms with E-state index in [1.807, 2.05) is 55.5 Å². The Bertz CT molecular complexity index is 1090. The molecule has 0 fully saturated rings. The summed E-state index contributed by atoms with van der Waals surface area (Å²) >= 11 is 0. The number of hydrogen-bond donors (Lipinski definition) is 2. The predicted molar refractivity (Wildman–Crippen MR) is 129 cm³/mol. The number of anilines is 1. The minimum atomic E-state index is -1.79. The molecule has 0 bridgehead atoms. The quantitative estimate of drug-likeness (QED) is 0.453. The fourth-order valence-electron chi connectivity index (χ4n) is 4.26. The summed E-state index contributed by atoms with van der Waals surface area (Å²) in [7, 11) is 0. The van der Waals surface area contributed by atoms with Gasteiger partial charge in [0.2, 0.25) is 0 Å². The Morgan fingerprint density at radius 3 is 2.39 bits per heavy atom. The zero-order valence-corrected chi connectivity index (χ0v) is 19.2. The predicted octanol–water partition coefficient (Wildman–Crippen LogP) is 5.03. The van der Waals surface area contributed by atoms with Crippen molar-refractivity contribution < 1.29 is 19.7 Å². The average molecular weight is 446 g/mol. The number of aryl methyl sites for hydroxylation is 1.